The minimum Gasteiger partial charge on any atom is -0.332 e. The van der Waals surface area contributed by atoms with Gasteiger partial charge in [0.1, 0.15) is 0 Å². The molecule has 0 fully saturated rings. The Morgan fingerprint density at radius 2 is 1.88 bits per heavy atom. The summed E-state index contributed by atoms with van der Waals surface area (Å²) < 4.78 is 1.09. The summed E-state index contributed by atoms with van der Waals surface area (Å²) in [6, 6.07) is 10.1. The number of nitrogens with zero attached hydrogens (tertiary/aromatic N) is 1. The van der Waals surface area contributed by atoms with Crippen LogP contribution in [0.15, 0.2) is 36.4 Å². The number of anilines is 1. The lowest BCUT2D eigenvalue weighted by molar-refractivity contribution is -0.385. The van der Waals surface area contributed by atoms with Crippen LogP contribution in [0.25, 0.3) is 0 Å². The van der Waals surface area contributed by atoms with Gasteiger partial charge in [0.2, 0.25) is 0 Å². The Kier molecular flexibility index (Phi) is 5.84. The van der Waals surface area contributed by atoms with Crippen molar-refractivity contribution in [1.82, 2.24) is 5.32 Å². The molecule has 2 rings (SSSR count). The van der Waals surface area contributed by atoms with E-state index in [1.165, 1.54) is 18.2 Å². The van der Waals surface area contributed by atoms with Gasteiger partial charge in [-0.15, -0.1) is 0 Å². The number of thiocarbonyl (C=S) groups is 1. The number of carbonyl (C=O) groups is 1. The maximum atomic E-state index is 12.2. The third-order valence-corrected chi connectivity index (χ3v) is 4.21. The first-order valence-electron chi connectivity index (χ1n) is 6.91. The molecule has 0 unspecified atom stereocenters. The molecule has 0 atom stereocenters. The van der Waals surface area contributed by atoms with E-state index < -0.39 is 10.8 Å². The molecule has 0 radical (unpaired) electrons. The van der Waals surface area contributed by atoms with E-state index in [9.17, 15) is 14.9 Å². The molecular weight excluding hydrogens is 441 g/mol. The van der Waals surface area contributed by atoms with Gasteiger partial charge in [-0.1, -0.05) is 6.07 Å². The van der Waals surface area contributed by atoms with Crippen LogP contribution >= 0.6 is 34.8 Å². The van der Waals surface area contributed by atoms with Crippen LogP contribution in [0.2, 0.25) is 0 Å². The Balaban J connectivity index is 2.10. The van der Waals surface area contributed by atoms with E-state index in [1.807, 2.05) is 25.1 Å². The van der Waals surface area contributed by atoms with E-state index in [0.717, 1.165) is 14.8 Å². The Morgan fingerprint density at radius 3 is 2.50 bits per heavy atom. The lowest BCUT2D eigenvalue weighted by Gasteiger charge is -2.12. The molecule has 6 nitrogen and oxygen atoms in total. The van der Waals surface area contributed by atoms with Gasteiger partial charge in [0, 0.05) is 26.5 Å². The molecule has 0 saturated carbocycles. The normalized spacial score (nSPS) is 10.1. The highest BCUT2D eigenvalue weighted by atomic mass is 127. The Labute approximate surface area is 157 Å². The predicted molar refractivity (Wildman–Crippen MR) is 105 cm³/mol. The number of halogens is 1. The summed E-state index contributed by atoms with van der Waals surface area (Å²) in [6.45, 7) is 3.55. The molecule has 0 bridgehead atoms. The van der Waals surface area contributed by atoms with Crippen LogP contribution in [0.4, 0.5) is 11.4 Å². The van der Waals surface area contributed by atoms with Crippen LogP contribution in [0, 0.1) is 27.5 Å². The molecule has 2 N–H and O–H groups in total. The highest BCUT2D eigenvalue weighted by molar-refractivity contribution is 14.1. The molecule has 2 aromatic carbocycles. The molecule has 0 aromatic heterocycles. The van der Waals surface area contributed by atoms with Crippen LogP contribution in [0.3, 0.4) is 0 Å². The Hall–Kier alpha value is -2.07. The van der Waals surface area contributed by atoms with Gasteiger partial charge in [0.05, 0.1) is 4.92 Å². The number of hydrogen-bond acceptors (Lipinski definition) is 4. The summed E-state index contributed by atoms with van der Waals surface area (Å²) in [4.78, 5) is 22.7. The van der Waals surface area contributed by atoms with Gasteiger partial charge in [-0.25, -0.2) is 0 Å². The number of nitro benzene ring substituents is 1. The fourth-order valence-electron chi connectivity index (χ4n) is 2.04. The number of nitrogens with one attached hydrogen (secondary N) is 2. The van der Waals surface area contributed by atoms with Crippen LogP contribution in [0.5, 0.6) is 0 Å². The SMILES string of the molecule is Cc1cc(I)ccc1NC(=S)NC(=O)c1ccc(C)c([N+](=O)[O-])c1. The van der Waals surface area contributed by atoms with E-state index >= 15 is 0 Å². The first kappa shape index (κ1) is 18.3. The van der Waals surface area contributed by atoms with E-state index in [1.54, 1.807) is 6.92 Å². The molecule has 0 saturated heterocycles. The van der Waals surface area contributed by atoms with Crippen molar-refractivity contribution in [3.8, 4) is 0 Å². The van der Waals surface area contributed by atoms with Gasteiger partial charge in [0.15, 0.2) is 5.11 Å². The minimum absolute atomic E-state index is 0.102. The second kappa shape index (κ2) is 7.67. The quantitative estimate of drug-likeness (QED) is 0.317. The van der Waals surface area contributed by atoms with Gasteiger partial charge in [-0.2, -0.15) is 0 Å². The number of carbonyl (C=O) groups excluding carboxylic acids is 1. The fraction of sp³-hybridized carbons (Fsp3) is 0.125. The number of benzene rings is 2. The van der Waals surface area contributed by atoms with Gasteiger partial charge in [-0.3, -0.25) is 20.2 Å². The van der Waals surface area contributed by atoms with Crippen molar-refractivity contribution in [1.29, 1.82) is 0 Å². The largest absolute Gasteiger partial charge is 0.332 e. The molecular formula is C16H14IN3O3S. The van der Waals surface area contributed by atoms with Crippen molar-refractivity contribution in [2.45, 2.75) is 13.8 Å². The number of aryl methyl sites for hydroxylation is 2. The Morgan fingerprint density at radius 1 is 1.17 bits per heavy atom. The maximum Gasteiger partial charge on any atom is 0.273 e. The molecule has 8 heteroatoms. The standard InChI is InChI=1S/C16H14IN3O3S/c1-9-3-4-11(8-14(9)20(22)23)15(21)19-16(24)18-13-6-5-12(17)7-10(13)2/h3-8H,1-2H3,(H2,18,19,21,24). The van der Waals surface area contributed by atoms with Crippen molar-refractivity contribution in [2.24, 2.45) is 0 Å². The molecule has 124 valence electrons. The second-order valence-electron chi connectivity index (χ2n) is 5.13. The molecule has 24 heavy (non-hydrogen) atoms. The molecule has 1 amide bonds. The van der Waals surface area contributed by atoms with Crippen LogP contribution < -0.4 is 10.6 Å². The number of amides is 1. The van der Waals surface area contributed by atoms with E-state index in [2.05, 4.69) is 33.2 Å². The summed E-state index contributed by atoms with van der Waals surface area (Å²) in [7, 11) is 0. The summed E-state index contributed by atoms with van der Waals surface area (Å²) in [5.41, 5.74) is 2.35. The third kappa shape index (κ3) is 4.48. The first-order valence-corrected chi connectivity index (χ1v) is 8.40. The van der Waals surface area contributed by atoms with Crippen molar-refractivity contribution < 1.29 is 9.72 Å². The molecule has 0 heterocycles. The van der Waals surface area contributed by atoms with Gasteiger partial charge >= 0.3 is 0 Å². The minimum atomic E-state index is -0.516. The van der Waals surface area contributed by atoms with Crippen LogP contribution in [-0.2, 0) is 0 Å². The molecule has 0 spiro atoms. The lowest BCUT2D eigenvalue weighted by Crippen LogP contribution is -2.34. The smallest absolute Gasteiger partial charge is 0.273 e. The van der Waals surface area contributed by atoms with Crippen molar-refractivity contribution in [2.75, 3.05) is 5.32 Å². The number of rotatable bonds is 3. The Bertz CT molecular complexity index is 839. The van der Waals surface area contributed by atoms with E-state index in [4.69, 9.17) is 12.2 Å². The highest BCUT2D eigenvalue weighted by Gasteiger charge is 2.16. The lowest BCUT2D eigenvalue weighted by atomic mass is 10.1. The predicted octanol–water partition coefficient (Wildman–Crippen LogP) is 3.94. The van der Waals surface area contributed by atoms with Crippen LogP contribution in [-0.4, -0.2) is 15.9 Å². The zero-order valence-corrected chi connectivity index (χ0v) is 15.9. The zero-order valence-electron chi connectivity index (χ0n) is 12.9. The fourth-order valence-corrected chi connectivity index (χ4v) is 2.89. The van der Waals surface area contributed by atoms with Crippen LogP contribution in [0.1, 0.15) is 21.5 Å². The van der Waals surface area contributed by atoms with Gasteiger partial charge in [-0.05, 0) is 78.5 Å². The number of nitro groups is 1. The average molecular weight is 455 g/mol. The summed E-state index contributed by atoms with van der Waals surface area (Å²) >= 11 is 7.34. The second-order valence-corrected chi connectivity index (χ2v) is 6.78. The topological polar surface area (TPSA) is 84.3 Å². The average Bonchev–Trinajstić information content (AvgIpc) is 2.50. The van der Waals surface area contributed by atoms with Crippen molar-refractivity contribution in [3.05, 3.63) is 66.8 Å². The third-order valence-electron chi connectivity index (χ3n) is 3.33. The first-order chi connectivity index (χ1) is 11.3. The maximum absolute atomic E-state index is 12.2. The van der Waals surface area contributed by atoms with E-state index in [-0.39, 0.29) is 16.4 Å². The molecule has 0 aliphatic heterocycles. The van der Waals surface area contributed by atoms with Crippen molar-refractivity contribution >= 4 is 57.2 Å². The highest BCUT2D eigenvalue weighted by Crippen LogP contribution is 2.20. The molecule has 0 aliphatic carbocycles. The molecule has 0 aliphatic rings. The molecule has 2 aromatic rings. The monoisotopic (exact) mass is 455 g/mol. The van der Waals surface area contributed by atoms with E-state index in [0.29, 0.717) is 5.56 Å². The summed E-state index contributed by atoms with van der Waals surface area (Å²) in [5, 5.41) is 16.6. The zero-order chi connectivity index (χ0) is 17.9. The van der Waals surface area contributed by atoms with Gasteiger partial charge < -0.3 is 5.32 Å². The van der Waals surface area contributed by atoms with Crippen molar-refractivity contribution in [3.63, 3.8) is 0 Å². The summed E-state index contributed by atoms with van der Waals surface area (Å²) in [6.07, 6.45) is 0. The van der Waals surface area contributed by atoms with Gasteiger partial charge in [0.25, 0.3) is 11.6 Å². The summed E-state index contributed by atoms with van der Waals surface area (Å²) in [5.74, 6) is -0.501. The number of hydrogen-bond donors (Lipinski definition) is 2.